The first-order valence-corrected chi connectivity index (χ1v) is 8.73. The summed E-state index contributed by atoms with van der Waals surface area (Å²) in [6.07, 6.45) is 0. The minimum Gasteiger partial charge on any atom is -0.467 e. The Morgan fingerprint density at radius 2 is 1.52 bits per heavy atom. The number of benzene rings is 2. The minimum absolute atomic E-state index is 0.0214. The zero-order valence-corrected chi connectivity index (χ0v) is 15.5. The molecule has 0 aliphatic heterocycles. The fourth-order valence-corrected chi connectivity index (χ4v) is 2.91. The molecule has 0 unspecified atom stereocenters. The molecule has 138 valence electrons. The number of anilines is 1. The van der Waals surface area contributed by atoms with E-state index in [0.29, 0.717) is 0 Å². The number of rotatable bonds is 6. The van der Waals surface area contributed by atoms with Crippen LogP contribution in [0.4, 0.5) is 10.7 Å². The smallest absolute Gasteiger partial charge is 0.331 e. The number of ether oxygens (including phenoxy) is 2. The first kappa shape index (κ1) is 18.5. The number of hydrogen-bond acceptors (Lipinski definition) is 7. The average molecular weight is 383 g/mol. The highest BCUT2D eigenvalue weighted by Crippen LogP contribution is 2.29. The van der Waals surface area contributed by atoms with Gasteiger partial charge in [-0.05, 0) is 29.1 Å². The van der Waals surface area contributed by atoms with Crippen LogP contribution in [0.3, 0.4) is 0 Å². The summed E-state index contributed by atoms with van der Waals surface area (Å²) in [6.45, 7) is 0. The maximum absolute atomic E-state index is 12.2. The van der Waals surface area contributed by atoms with E-state index in [1.165, 1.54) is 26.2 Å². The molecule has 1 heterocycles. The first-order valence-electron chi connectivity index (χ1n) is 7.92. The number of nitrogens with zero attached hydrogens (tertiary/aromatic N) is 3. The fourth-order valence-electron chi connectivity index (χ4n) is 2.22. The molecule has 3 aromatic rings. The highest BCUT2D eigenvalue weighted by atomic mass is 32.2. The quantitative estimate of drug-likeness (QED) is 0.630. The molecule has 0 radical (unpaired) electrons. The van der Waals surface area contributed by atoms with Gasteiger partial charge in [0.2, 0.25) is 5.95 Å². The van der Waals surface area contributed by atoms with Gasteiger partial charge in [-0.25, -0.2) is 4.79 Å². The van der Waals surface area contributed by atoms with Crippen LogP contribution >= 0.6 is 11.9 Å². The van der Waals surface area contributed by atoms with Crippen molar-refractivity contribution in [3.05, 3.63) is 54.6 Å². The maximum atomic E-state index is 12.2. The lowest BCUT2D eigenvalue weighted by Crippen LogP contribution is -2.24. The van der Waals surface area contributed by atoms with E-state index < -0.39 is 6.03 Å². The molecule has 8 nitrogen and oxygen atoms in total. The molecule has 2 aromatic carbocycles. The number of carbonyl (C=O) groups is 1. The van der Waals surface area contributed by atoms with Gasteiger partial charge in [-0.15, -0.1) is 4.98 Å². The van der Waals surface area contributed by atoms with E-state index in [4.69, 9.17) is 9.47 Å². The Balaban J connectivity index is 1.69. The molecular weight excluding hydrogens is 366 g/mol. The standard InChI is InChI=1S/C18H17N5O3S/c1-25-17-20-15(21-18(22-17)26-2)19-16(24)23-27-14-11-7-6-10-13(14)12-8-4-3-5-9-12/h3-11H,1-2H3,(H2,19,20,21,22,23,24). The van der Waals surface area contributed by atoms with Crippen LogP contribution in [0.2, 0.25) is 0 Å². The van der Waals surface area contributed by atoms with E-state index in [2.05, 4.69) is 25.0 Å². The van der Waals surface area contributed by atoms with Crippen LogP contribution in [-0.4, -0.2) is 35.2 Å². The largest absolute Gasteiger partial charge is 0.467 e. The molecule has 0 fully saturated rings. The monoisotopic (exact) mass is 383 g/mol. The summed E-state index contributed by atoms with van der Waals surface area (Å²) in [4.78, 5) is 24.9. The molecule has 0 saturated heterocycles. The van der Waals surface area contributed by atoms with E-state index in [1.54, 1.807) is 0 Å². The summed E-state index contributed by atoms with van der Waals surface area (Å²) < 4.78 is 12.6. The number of nitrogens with one attached hydrogen (secondary N) is 2. The molecule has 0 aliphatic rings. The average Bonchev–Trinajstić information content (AvgIpc) is 2.72. The second kappa shape index (κ2) is 8.86. The molecule has 27 heavy (non-hydrogen) atoms. The molecular formula is C18H17N5O3S. The number of amides is 2. The normalized spacial score (nSPS) is 10.1. The third-order valence-electron chi connectivity index (χ3n) is 3.41. The summed E-state index contributed by atoms with van der Waals surface area (Å²) >= 11 is 1.19. The summed E-state index contributed by atoms with van der Waals surface area (Å²) in [7, 11) is 2.82. The van der Waals surface area contributed by atoms with Gasteiger partial charge in [0.05, 0.1) is 14.2 Å². The molecule has 9 heteroatoms. The van der Waals surface area contributed by atoms with Crippen molar-refractivity contribution < 1.29 is 14.3 Å². The molecule has 1 aromatic heterocycles. The van der Waals surface area contributed by atoms with Crippen LogP contribution in [0.15, 0.2) is 59.5 Å². The lowest BCUT2D eigenvalue weighted by atomic mass is 10.1. The fraction of sp³-hybridized carbons (Fsp3) is 0.111. The predicted octanol–water partition coefficient (Wildman–Crippen LogP) is 3.38. The molecule has 0 saturated carbocycles. The van der Waals surface area contributed by atoms with E-state index in [9.17, 15) is 4.79 Å². The SMILES string of the molecule is COc1nc(NC(=O)NSc2ccccc2-c2ccccc2)nc(OC)n1. The molecule has 0 atom stereocenters. The molecule has 0 spiro atoms. The highest BCUT2D eigenvalue weighted by molar-refractivity contribution is 7.98. The number of hydrogen-bond donors (Lipinski definition) is 2. The summed E-state index contributed by atoms with van der Waals surface area (Å²) in [6, 6.07) is 17.3. The zero-order chi connectivity index (χ0) is 19.1. The summed E-state index contributed by atoms with van der Waals surface area (Å²) in [5.41, 5.74) is 2.08. The lowest BCUT2D eigenvalue weighted by molar-refractivity contribution is 0.257. The van der Waals surface area contributed by atoms with Gasteiger partial charge in [0.25, 0.3) is 0 Å². The van der Waals surface area contributed by atoms with Crippen molar-refractivity contribution in [2.45, 2.75) is 4.90 Å². The van der Waals surface area contributed by atoms with E-state index in [0.717, 1.165) is 16.0 Å². The van der Waals surface area contributed by atoms with Gasteiger partial charge in [-0.1, -0.05) is 48.5 Å². The first-order chi connectivity index (χ1) is 13.2. The molecule has 0 bridgehead atoms. The van der Waals surface area contributed by atoms with E-state index >= 15 is 0 Å². The Hall–Kier alpha value is -3.33. The number of urea groups is 1. The van der Waals surface area contributed by atoms with Crippen molar-refractivity contribution in [3.8, 4) is 23.1 Å². The summed E-state index contributed by atoms with van der Waals surface area (Å²) in [5.74, 6) is 0.0214. The van der Waals surface area contributed by atoms with E-state index in [1.807, 2.05) is 54.6 Å². The predicted molar refractivity (Wildman–Crippen MR) is 103 cm³/mol. The molecule has 3 rings (SSSR count). The van der Waals surface area contributed by atoms with Crippen molar-refractivity contribution in [2.75, 3.05) is 19.5 Å². The van der Waals surface area contributed by atoms with Crippen LogP contribution < -0.4 is 19.5 Å². The third kappa shape index (κ3) is 4.85. The number of carbonyl (C=O) groups excluding carboxylic acids is 1. The Labute approximate surface area is 160 Å². The number of aromatic nitrogens is 3. The minimum atomic E-state index is -0.488. The maximum Gasteiger partial charge on any atom is 0.331 e. The molecule has 2 amide bonds. The molecule has 2 N–H and O–H groups in total. The van der Waals surface area contributed by atoms with Crippen LogP contribution in [-0.2, 0) is 0 Å². The number of methoxy groups -OCH3 is 2. The van der Waals surface area contributed by atoms with Crippen molar-refractivity contribution in [1.29, 1.82) is 0 Å². The Kier molecular flexibility index (Phi) is 6.06. The Morgan fingerprint density at radius 1 is 0.889 bits per heavy atom. The van der Waals surface area contributed by atoms with Crippen molar-refractivity contribution in [2.24, 2.45) is 0 Å². The lowest BCUT2D eigenvalue weighted by Gasteiger charge is -2.10. The van der Waals surface area contributed by atoms with Crippen molar-refractivity contribution in [3.63, 3.8) is 0 Å². The second-order valence-corrected chi connectivity index (χ2v) is 6.00. The van der Waals surface area contributed by atoms with Gasteiger partial charge >= 0.3 is 18.1 Å². The van der Waals surface area contributed by atoms with Gasteiger partial charge in [0, 0.05) is 4.90 Å². The third-order valence-corrected chi connectivity index (χ3v) is 4.27. The van der Waals surface area contributed by atoms with Crippen LogP contribution in [0.25, 0.3) is 11.1 Å². The molecule has 0 aliphatic carbocycles. The van der Waals surface area contributed by atoms with Gasteiger partial charge in [0.15, 0.2) is 0 Å². The van der Waals surface area contributed by atoms with Gasteiger partial charge < -0.3 is 9.47 Å². The van der Waals surface area contributed by atoms with Gasteiger partial charge in [0.1, 0.15) is 0 Å². The second-order valence-electron chi connectivity index (χ2n) is 5.15. The topological polar surface area (TPSA) is 98.3 Å². The highest BCUT2D eigenvalue weighted by Gasteiger charge is 2.11. The van der Waals surface area contributed by atoms with Crippen molar-refractivity contribution in [1.82, 2.24) is 19.7 Å². The van der Waals surface area contributed by atoms with E-state index in [-0.39, 0.29) is 18.0 Å². The van der Waals surface area contributed by atoms with Crippen LogP contribution in [0, 0.1) is 0 Å². The van der Waals surface area contributed by atoms with Crippen molar-refractivity contribution >= 4 is 23.9 Å². The summed E-state index contributed by atoms with van der Waals surface area (Å²) in [5, 5.41) is 2.53. The zero-order valence-electron chi connectivity index (χ0n) is 14.7. The van der Waals surface area contributed by atoms with Gasteiger partial charge in [-0.3, -0.25) is 10.0 Å². The van der Waals surface area contributed by atoms with Crippen LogP contribution in [0.1, 0.15) is 0 Å². The van der Waals surface area contributed by atoms with Crippen LogP contribution in [0.5, 0.6) is 12.0 Å². The Bertz CT molecular complexity index is 902. The Morgan fingerprint density at radius 3 is 2.19 bits per heavy atom. The van der Waals surface area contributed by atoms with Gasteiger partial charge in [-0.2, -0.15) is 9.97 Å².